The van der Waals surface area contributed by atoms with Gasteiger partial charge in [0.25, 0.3) is 0 Å². The summed E-state index contributed by atoms with van der Waals surface area (Å²) in [5.41, 5.74) is -0.468. The van der Waals surface area contributed by atoms with Crippen molar-refractivity contribution < 1.29 is 9.53 Å². The summed E-state index contributed by atoms with van der Waals surface area (Å²) in [6.45, 7) is 6.46. The fraction of sp³-hybridized carbons (Fsp3) is 0.562. The summed E-state index contributed by atoms with van der Waals surface area (Å²) in [5.74, 6) is 0.824. The topological polar surface area (TPSA) is 50.4 Å². The minimum absolute atomic E-state index is 0.0810. The van der Waals surface area contributed by atoms with Gasteiger partial charge in [-0.05, 0) is 52.9 Å². The van der Waals surface area contributed by atoms with Crippen molar-refractivity contribution in [2.75, 3.05) is 19.3 Å². The van der Waals surface area contributed by atoms with Crippen molar-refractivity contribution in [3.63, 3.8) is 0 Å². The zero-order valence-corrected chi connectivity index (χ0v) is 14.1. The van der Waals surface area contributed by atoms with Crippen molar-refractivity contribution in [2.24, 2.45) is 0 Å². The highest BCUT2D eigenvalue weighted by Crippen LogP contribution is 2.19. The number of rotatable bonds is 7. The van der Waals surface area contributed by atoms with Crippen LogP contribution < -0.4 is 10.6 Å². The average Bonchev–Trinajstić information content (AvgIpc) is 2.41. The maximum absolute atomic E-state index is 11.9. The van der Waals surface area contributed by atoms with Crippen LogP contribution in [0.25, 0.3) is 0 Å². The third-order valence-electron chi connectivity index (χ3n) is 2.66. The van der Waals surface area contributed by atoms with E-state index in [-0.39, 0.29) is 12.1 Å². The molecule has 1 atom stereocenters. The predicted octanol–water partition coefficient (Wildman–Crippen LogP) is 3.28. The highest BCUT2D eigenvalue weighted by atomic mass is 32.2. The van der Waals surface area contributed by atoms with Gasteiger partial charge in [0.05, 0.1) is 0 Å². The first-order valence-electron chi connectivity index (χ1n) is 7.22. The van der Waals surface area contributed by atoms with Gasteiger partial charge in [-0.1, -0.05) is 18.2 Å². The summed E-state index contributed by atoms with van der Waals surface area (Å²) >= 11 is 1.74. The van der Waals surface area contributed by atoms with Crippen molar-refractivity contribution in [1.29, 1.82) is 0 Å². The monoisotopic (exact) mass is 310 g/mol. The molecular formula is C16H26N2O2S. The molecule has 0 fully saturated rings. The average molecular weight is 310 g/mol. The van der Waals surface area contributed by atoms with Gasteiger partial charge in [0, 0.05) is 16.7 Å². The molecule has 0 bridgehead atoms. The van der Waals surface area contributed by atoms with Crippen LogP contribution in [-0.2, 0) is 4.74 Å². The van der Waals surface area contributed by atoms with E-state index in [9.17, 15) is 4.79 Å². The molecule has 0 aliphatic heterocycles. The molecule has 0 heterocycles. The van der Waals surface area contributed by atoms with E-state index in [1.54, 1.807) is 11.8 Å². The summed E-state index contributed by atoms with van der Waals surface area (Å²) in [5, 5.41) is 6.07. The SMILES string of the molecule is CNCC[C@H](CSc1ccccc1)NC(=O)OC(C)(C)C. The van der Waals surface area contributed by atoms with E-state index in [0.717, 1.165) is 18.7 Å². The third kappa shape index (κ3) is 8.63. The van der Waals surface area contributed by atoms with E-state index in [1.165, 1.54) is 4.90 Å². The van der Waals surface area contributed by atoms with E-state index < -0.39 is 5.60 Å². The summed E-state index contributed by atoms with van der Waals surface area (Å²) in [4.78, 5) is 13.1. The number of benzene rings is 1. The maximum Gasteiger partial charge on any atom is 0.407 e. The van der Waals surface area contributed by atoms with E-state index in [2.05, 4.69) is 22.8 Å². The van der Waals surface area contributed by atoms with Gasteiger partial charge in [-0.3, -0.25) is 0 Å². The molecule has 0 aliphatic carbocycles. The largest absolute Gasteiger partial charge is 0.444 e. The minimum Gasteiger partial charge on any atom is -0.444 e. The Balaban J connectivity index is 2.49. The molecule has 1 aromatic carbocycles. The van der Waals surface area contributed by atoms with E-state index in [0.29, 0.717) is 0 Å². The standard InChI is InChI=1S/C16H26N2O2S/c1-16(2,3)20-15(19)18-13(10-11-17-4)12-21-14-8-6-5-7-9-14/h5-9,13,17H,10-12H2,1-4H3,(H,18,19)/t13-/m1/s1. The quantitative estimate of drug-likeness (QED) is 0.759. The van der Waals surface area contributed by atoms with Gasteiger partial charge < -0.3 is 15.4 Å². The molecule has 0 unspecified atom stereocenters. The lowest BCUT2D eigenvalue weighted by atomic mass is 10.2. The lowest BCUT2D eigenvalue weighted by Gasteiger charge is -2.23. The minimum atomic E-state index is -0.468. The van der Waals surface area contributed by atoms with E-state index in [1.807, 2.05) is 46.0 Å². The smallest absolute Gasteiger partial charge is 0.407 e. The zero-order chi connectivity index (χ0) is 15.7. The Kier molecular flexibility index (Phi) is 7.61. The first-order chi connectivity index (χ1) is 9.90. The molecule has 0 aromatic heterocycles. The summed E-state index contributed by atoms with van der Waals surface area (Å²) in [7, 11) is 1.91. The summed E-state index contributed by atoms with van der Waals surface area (Å²) in [6, 6.07) is 10.3. The molecule has 4 nitrogen and oxygen atoms in total. The molecule has 0 aliphatic rings. The van der Waals surface area contributed by atoms with Gasteiger partial charge in [0.15, 0.2) is 0 Å². The fourth-order valence-corrected chi connectivity index (χ4v) is 2.70. The van der Waals surface area contributed by atoms with Crippen LogP contribution in [-0.4, -0.2) is 37.1 Å². The Morgan fingerprint density at radius 3 is 2.52 bits per heavy atom. The molecule has 0 saturated heterocycles. The number of carbonyl (C=O) groups is 1. The molecule has 1 rings (SSSR count). The third-order valence-corrected chi connectivity index (χ3v) is 3.83. The number of carbonyl (C=O) groups excluding carboxylic acids is 1. The van der Waals surface area contributed by atoms with Crippen LogP contribution in [0.4, 0.5) is 4.79 Å². The van der Waals surface area contributed by atoms with Gasteiger partial charge in [-0.2, -0.15) is 0 Å². The fourth-order valence-electron chi connectivity index (χ4n) is 1.70. The number of alkyl carbamates (subject to hydrolysis) is 1. The second kappa shape index (κ2) is 8.95. The number of hydrogen-bond donors (Lipinski definition) is 2. The second-order valence-electron chi connectivity index (χ2n) is 5.86. The Bertz CT molecular complexity index is 418. The van der Waals surface area contributed by atoms with Crippen molar-refractivity contribution >= 4 is 17.9 Å². The lowest BCUT2D eigenvalue weighted by Crippen LogP contribution is -2.41. The second-order valence-corrected chi connectivity index (χ2v) is 6.95. The van der Waals surface area contributed by atoms with Crippen molar-refractivity contribution in [1.82, 2.24) is 10.6 Å². The molecular weight excluding hydrogens is 284 g/mol. The molecule has 0 saturated carbocycles. The molecule has 2 N–H and O–H groups in total. The molecule has 5 heteroatoms. The van der Waals surface area contributed by atoms with E-state index >= 15 is 0 Å². The molecule has 1 amide bonds. The number of hydrogen-bond acceptors (Lipinski definition) is 4. The van der Waals surface area contributed by atoms with Crippen LogP contribution in [0.2, 0.25) is 0 Å². The first kappa shape index (κ1) is 17.9. The lowest BCUT2D eigenvalue weighted by molar-refractivity contribution is 0.0507. The highest BCUT2D eigenvalue weighted by molar-refractivity contribution is 7.99. The van der Waals surface area contributed by atoms with Crippen LogP contribution in [0.15, 0.2) is 35.2 Å². The van der Waals surface area contributed by atoms with Gasteiger partial charge in [0.1, 0.15) is 5.60 Å². The van der Waals surface area contributed by atoms with Crippen LogP contribution in [0.5, 0.6) is 0 Å². The Labute approximate surface area is 132 Å². The van der Waals surface area contributed by atoms with Gasteiger partial charge in [0.2, 0.25) is 0 Å². The summed E-state index contributed by atoms with van der Waals surface area (Å²) < 4.78 is 5.32. The van der Waals surface area contributed by atoms with Crippen molar-refractivity contribution in [2.45, 2.75) is 43.7 Å². The predicted molar refractivity (Wildman–Crippen MR) is 88.9 cm³/mol. The summed E-state index contributed by atoms with van der Waals surface area (Å²) in [6.07, 6.45) is 0.521. The Morgan fingerprint density at radius 1 is 1.29 bits per heavy atom. The maximum atomic E-state index is 11.9. The molecule has 0 spiro atoms. The van der Waals surface area contributed by atoms with Crippen LogP contribution in [0, 0.1) is 0 Å². The normalized spacial score (nSPS) is 12.8. The number of amides is 1. The van der Waals surface area contributed by atoms with Crippen molar-refractivity contribution in [3.8, 4) is 0 Å². The van der Waals surface area contributed by atoms with Gasteiger partial charge >= 0.3 is 6.09 Å². The highest BCUT2D eigenvalue weighted by Gasteiger charge is 2.19. The number of nitrogens with one attached hydrogen (secondary N) is 2. The van der Waals surface area contributed by atoms with Crippen LogP contribution >= 0.6 is 11.8 Å². The van der Waals surface area contributed by atoms with Crippen LogP contribution in [0.3, 0.4) is 0 Å². The first-order valence-corrected chi connectivity index (χ1v) is 8.21. The molecule has 21 heavy (non-hydrogen) atoms. The Hall–Kier alpha value is -1.20. The number of ether oxygens (including phenoxy) is 1. The van der Waals surface area contributed by atoms with E-state index in [4.69, 9.17) is 4.74 Å². The number of thioether (sulfide) groups is 1. The van der Waals surface area contributed by atoms with Crippen molar-refractivity contribution in [3.05, 3.63) is 30.3 Å². The van der Waals surface area contributed by atoms with Crippen LogP contribution in [0.1, 0.15) is 27.2 Å². The molecule has 1 aromatic rings. The molecule has 0 radical (unpaired) electrons. The zero-order valence-electron chi connectivity index (χ0n) is 13.3. The Morgan fingerprint density at radius 2 is 1.95 bits per heavy atom. The van der Waals surface area contributed by atoms with Gasteiger partial charge in [-0.15, -0.1) is 11.8 Å². The molecule has 118 valence electrons. The van der Waals surface area contributed by atoms with Gasteiger partial charge in [-0.25, -0.2) is 4.79 Å².